The van der Waals surface area contributed by atoms with Gasteiger partial charge < -0.3 is 4.74 Å². The maximum absolute atomic E-state index is 9.99. The zero-order chi connectivity index (χ0) is 8.81. The summed E-state index contributed by atoms with van der Waals surface area (Å²) in [4.78, 5) is 9.99. The van der Waals surface area contributed by atoms with Gasteiger partial charge in [-0.15, -0.1) is 0 Å². The number of hydrogen-bond acceptors (Lipinski definition) is 2. The number of methoxy groups -OCH3 is 1. The summed E-state index contributed by atoms with van der Waals surface area (Å²) in [7, 11) is 1.62. The van der Waals surface area contributed by atoms with E-state index in [-0.39, 0.29) is 0 Å². The monoisotopic (exact) mass is 162 g/mol. The number of aldehydes is 1. The molecule has 0 amide bonds. The lowest BCUT2D eigenvalue weighted by atomic mass is 10.2. The second kappa shape index (κ2) is 4.34. The van der Waals surface area contributed by atoms with Crippen LogP contribution in [-0.2, 0) is 4.79 Å². The van der Waals surface area contributed by atoms with Crippen LogP contribution < -0.4 is 4.74 Å². The summed E-state index contributed by atoms with van der Waals surface area (Å²) in [6.07, 6.45) is 3.96. The van der Waals surface area contributed by atoms with Crippen molar-refractivity contribution in [3.63, 3.8) is 0 Å². The van der Waals surface area contributed by atoms with E-state index in [9.17, 15) is 4.79 Å². The van der Waals surface area contributed by atoms with Crippen molar-refractivity contribution in [2.24, 2.45) is 0 Å². The van der Waals surface area contributed by atoms with E-state index in [0.717, 1.165) is 17.6 Å². The quantitative estimate of drug-likeness (QED) is 0.501. The van der Waals surface area contributed by atoms with Crippen molar-refractivity contribution in [2.45, 2.75) is 0 Å². The number of carbonyl (C=O) groups is 1. The van der Waals surface area contributed by atoms with E-state index in [2.05, 4.69) is 0 Å². The van der Waals surface area contributed by atoms with E-state index < -0.39 is 0 Å². The van der Waals surface area contributed by atoms with E-state index in [1.165, 1.54) is 6.08 Å². The van der Waals surface area contributed by atoms with Gasteiger partial charge >= 0.3 is 0 Å². The third kappa shape index (κ3) is 2.23. The van der Waals surface area contributed by atoms with Crippen LogP contribution in [0.15, 0.2) is 30.3 Å². The molecule has 2 heteroatoms. The number of carbonyl (C=O) groups excluding carboxylic acids is 1. The van der Waals surface area contributed by atoms with Crippen LogP contribution in [0.1, 0.15) is 5.56 Å². The molecule has 0 N–H and O–H groups in total. The molecule has 0 aromatic heterocycles. The molecule has 0 atom stereocenters. The van der Waals surface area contributed by atoms with Gasteiger partial charge in [0.2, 0.25) is 0 Å². The summed E-state index contributed by atoms with van der Waals surface area (Å²) >= 11 is 0. The van der Waals surface area contributed by atoms with Crippen LogP contribution in [0, 0.1) is 0 Å². The molecule has 1 aromatic carbocycles. The molecule has 0 saturated heterocycles. The lowest BCUT2D eigenvalue weighted by molar-refractivity contribution is -0.104. The lowest BCUT2D eigenvalue weighted by Crippen LogP contribution is -1.81. The van der Waals surface area contributed by atoms with Crippen LogP contribution in [0.4, 0.5) is 0 Å². The van der Waals surface area contributed by atoms with Crippen molar-refractivity contribution < 1.29 is 9.53 Å². The first-order valence-electron chi connectivity index (χ1n) is 3.62. The molecule has 0 radical (unpaired) electrons. The second-order valence-corrected chi connectivity index (χ2v) is 2.27. The Bertz CT molecular complexity index is 272. The molecule has 2 nitrogen and oxygen atoms in total. The van der Waals surface area contributed by atoms with Crippen molar-refractivity contribution >= 4 is 12.4 Å². The van der Waals surface area contributed by atoms with Crippen molar-refractivity contribution in [3.05, 3.63) is 35.9 Å². The molecule has 62 valence electrons. The minimum atomic E-state index is 0.754. The van der Waals surface area contributed by atoms with Gasteiger partial charge in [0.05, 0.1) is 7.11 Å². The first kappa shape index (κ1) is 8.53. The van der Waals surface area contributed by atoms with Crippen molar-refractivity contribution in [3.8, 4) is 5.75 Å². The number of benzene rings is 1. The number of rotatable bonds is 3. The molecular formula is C10H10O2. The van der Waals surface area contributed by atoms with Crippen LogP contribution in [0.2, 0.25) is 0 Å². The largest absolute Gasteiger partial charge is 0.497 e. The number of ether oxygens (including phenoxy) is 1. The van der Waals surface area contributed by atoms with Gasteiger partial charge in [-0.3, -0.25) is 4.79 Å². The molecule has 0 aliphatic heterocycles. The lowest BCUT2D eigenvalue weighted by Gasteiger charge is -1.98. The predicted octanol–water partition coefficient (Wildman–Crippen LogP) is 1.91. The first-order valence-corrected chi connectivity index (χ1v) is 3.62. The normalized spacial score (nSPS) is 10.1. The van der Waals surface area contributed by atoms with Crippen LogP contribution in [-0.4, -0.2) is 13.4 Å². The molecule has 12 heavy (non-hydrogen) atoms. The highest BCUT2D eigenvalue weighted by molar-refractivity contribution is 5.73. The standard InChI is InChI=1S/C10H10O2/c1-12-10-6-4-9(5-7-10)3-2-8-11/h2-8H,1H3/b3-2+. The van der Waals surface area contributed by atoms with Gasteiger partial charge in [0.15, 0.2) is 0 Å². The fourth-order valence-electron chi connectivity index (χ4n) is 0.865. The van der Waals surface area contributed by atoms with E-state index in [0.29, 0.717) is 0 Å². The Kier molecular flexibility index (Phi) is 3.08. The Balaban J connectivity index is 2.77. The predicted molar refractivity (Wildman–Crippen MR) is 48.1 cm³/mol. The van der Waals surface area contributed by atoms with Gasteiger partial charge in [-0.1, -0.05) is 18.2 Å². The van der Waals surface area contributed by atoms with Crippen LogP contribution in [0.3, 0.4) is 0 Å². The molecule has 1 aromatic rings. The topological polar surface area (TPSA) is 26.3 Å². The minimum absolute atomic E-state index is 0.754. The molecule has 0 unspecified atom stereocenters. The maximum atomic E-state index is 9.99. The summed E-state index contributed by atoms with van der Waals surface area (Å²) in [5.74, 6) is 0.818. The van der Waals surface area contributed by atoms with E-state index >= 15 is 0 Å². The van der Waals surface area contributed by atoms with E-state index in [1.807, 2.05) is 24.3 Å². The Morgan fingerprint density at radius 2 is 1.92 bits per heavy atom. The van der Waals surface area contributed by atoms with Gasteiger partial charge in [0, 0.05) is 0 Å². The summed E-state index contributed by atoms with van der Waals surface area (Å²) in [5, 5.41) is 0. The number of hydrogen-bond donors (Lipinski definition) is 0. The van der Waals surface area contributed by atoms with Gasteiger partial charge in [-0.25, -0.2) is 0 Å². The molecule has 0 aliphatic rings. The summed E-state index contributed by atoms with van der Waals surface area (Å²) in [6.45, 7) is 0. The van der Waals surface area contributed by atoms with E-state index in [4.69, 9.17) is 4.74 Å². The van der Waals surface area contributed by atoms with Crippen LogP contribution >= 0.6 is 0 Å². The first-order chi connectivity index (χ1) is 5.86. The molecular weight excluding hydrogens is 152 g/mol. The molecule has 0 fully saturated rings. The fraction of sp³-hybridized carbons (Fsp3) is 0.100. The molecule has 0 aliphatic carbocycles. The fourth-order valence-corrected chi connectivity index (χ4v) is 0.865. The molecule has 0 spiro atoms. The Labute approximate surface area is 71.5 Å². The average molecular weight is 162 g/mol. The van der Waals surface area contributed by atoms with Crippen molar-refractivity contribution in [1.29, 1.82) is 0 Å². The van der Waals surface area contributed by atoms with Crippen molar-refractivity contribution in [2.75, 3.05) is 7.11 Å². The van der Waals surface area contributed by atoms with Gasteiger partial charge in [0.1, 0.15) is 12.0 Å². The SMILES string of the molecule is COc1ccc(/C=C/C=O)cc1. The maximum Gasteiger partial charge on any atom is 0.142 e. The smallest absolute Gasteiger partial charge is 0.142 e. The molecule has 0 saturated carbocycles. The summed E-state index contributed by atoms with van der Waals surface area (Å²) in [6, 6.07) is 7.48. The highest BCUT2D eigenvalue weighted by atomic mass is 16.5. The van der Waals surface area contributed by atoms with Gasteiger partial charge in [-0.05, 0) is 23.8 Å². The Morgan fingerprint density at radius 1 is 1.25 bits per heavy atom. The highest BCUT2D eigenvalue weighted by Gasteiger charge is 1.88. The third-order valence-electron chi connectivity index (χ3n) is 1.48. The highest BCUT2D eigenvalue weighted by Crippen LogP contribution is 2.11. The zero-order valence-corrected chi connectivity index (χ0v) is 6.86. The van der Waals surface area contributed by atoms with Crippen molar-refractivity contribution in [1.82, 2.24) is 0 Å². The third-order valence-corrected chi connectivity index (χ3v) is 1.48. The minimum Gasteiger partial charge on any atom is -0.497 e. The molecule has 0 heterocycles. The zero-order valence-electron chi connectivity index (χ0n) is 6.86. The second-order valence-electron chi connectivity index (χ2n) is 2.27. The number of allylic oxidation sites excluding steroid dienone is 1. The Morgan fingerprint density at radius 3 is 2.42 bits per heavy atom. The summed E-state index contributed by atoms with van der Waals surface area (Å²) < 4.78 is 4.98. The molecule has 0 bridgehead atoms. The average Bonchev–Trinajstić information content (AvgIpc) is 2.15. The summed E-state index contributed by atoms with van der Waals surface area (Å²) in [5.41, 5.74) is 0.989. The van der Waals surface area contributed by atoms with Gasteiger partial charge in [-0.2, -0.15) is 0 Å². The van der Waals surface area contributed by atoms with E-state index in [1.54, 1.807) is 13.2 Å². The van der Waals surface area contributed by atoms with Crippen LogP contribution in [0.5, 0.6) is 5.75 Å². The van der Waals surface area contributed by atoms with Crippen LogP contribution in [0.25, 0.3) is 6.08 Å². The molecule has 1 rings (SSSR count). The Hall–Kier alpha value is -1.57. The van der Waals surface area contributed by atoms with Gasteiger partial charge in [0.25, 0.3) is 0 Å².